The van der Waals surface area contributed by atoms with Crippen LogP contribution in [0.2, 0.25) is 0 Å². The number of amides is 2. The van der Waals surface area contributed by atoms with Crippen LogP contribution in [-0.2, 0) is 22.7 Å². The minimum Gasteiger partial charge on any atom is -0.482 e. The summed E-state index contributed by atoms with van der Waals surface area (Å²) < 4.78 is 53.6. The Balaban J connectivity index is 2.13. The molecule has 0 bridgehead atoms. The lowest BCUT2D eigenvalue weighted by Gasteiger charge is -2.24. The maximum atomic E-state index is 14.2. The van der Waals surface area contributed by atoms with Gasteiger partial charge in [-0.05, 0) is 12.5 Å². The first-order chi connectivity index (χ1) is 20.9. The topological polar surface area (TPSA) is 128 Å². The molecular formula is C31H31F3N4O6. The van der Waals surface area contributed by atoms with Crippen LogP contribution in [0.15, 0.2) is 78.8 Å². The normalized spacial score (nSPS) is 11.9. The van der Waals surface area contributed by atoms with Crippen LogP contribution in [0.25, 0.3) is 0 Å². The molecule has 0 unspecified atom stereocenters. The highest BCUT2D eigenvalue weighted by molar-refractivity contribution is 5.99. The Bertz CT molecular complexity index is 1590. The maximum Gasteiger partial charge on any atom is 0.302 e. The van der Waals surface area contributed by atoms with Crippen molar-refractivity contribution in [3.63, 3.8) is 0 Å². The zero-order valence-corrected chi connectivity index (χ0v) is 24.0. The van der Waals surface area contributed by atoms with Gasteiger partial charge >= 0.3 is 5.97 Å². The zero-order chi connectivity index (χ0) is 32.4. The van der Waals surface area contributed by atoms with E-state index in [2.05, 4.69) is 29.2 Å². The lowest BCUT2D eigenvalue weighted by molar-refractivity contribution is -0.141. The molecule has 10 nitrogen and oxygen atoms in total. The van der Waals surface area contributed by atoms with Gasteiger partial charge in [0, 0.05) is 43.4 Å². The number of carbonyl (C=O) groups excluding carboxylic acids is 3. The van der Waals surface area contributed by atoms with Crippen LogP contribution < -0.4 is 26.2 Å². The van der Waals surface area contributed by atoms with E-state index in [9.17, 15) is 32.3 Å². The lowest BCUT2D eigenvalue weighted by atomic mass is 10.1. The number of hydrogen-bond donors (Lipinski definition) is 3. The molecule has 2 amide bonds. The zero-order valence-electron chi connectivity index (χ0n) is 24.0. The van der Waals surface area contributed by atoms with Crippen LogP contribution in [0.5, 0.6) is 5.75 Å². The van der Waals surface area contributed by atoms with Gasteiger partial charge in [0.15, 0.2) is 11.4 Å². The van der Waals surface area contributed by atoms with Gasteiger partial charge in [-0.25, -0.2) is 13.2 Å². The molecule has 0 aliphatic rings. The van der Waals surface area contributed by atoms with Crippen molar-refractivity contribution in [1.29, 1.82) is 0 Å². The summed E-state index contributed by atoms with van der Waals surface area (Å²) in [5, 5.41) is 4.88. The molecule has 0 saturated heterocycles. The molecule has 0 aliphatic heterocycles. The van der Waals surface area contributed by atoms with E-state index in [1.807, 2.05) is 0 Å². The number of nitrogens with one attached hydrogen (secondary N) is 3. The highest BCUT2D eigenvalue weighted by Gasteiger charge is 2.28. The highest BCUT2D eigenvalue weighted by Crippen LogP contribution is 2.19. The number of esters is 1. The molecule has 0 fully saturated rings. The summed E-state index contributed by atoms with van der Waals surface area (Å²) in [6, 6.07) is 8.19. The Kier molecular flexibility index (Phi) is 11.5. The third-order valence-electron chi connectivity index (χ3n) is 6.15. The fraction of sp³-hybridized carbons (Fsp3) is 0.226. The van der Waals surface area contributed by atoms with E-state index < -0.39 is 76.2 Å². The number of ether oxygens (including phenoxy) is 2. The van der Waals surface area contributed by atoms with E-state index in [1.54, 1.807) is 37.3 Å². The van der Waals surface area contributed by atoms with Crippen LogP contribution >= 0.6 is 0 Å². The molecule has 0 saturated carbocycles. The number of halogens is 3. The first-order valence-electron chi connectivity index (χ1n) is 13.3. The Morgan fingerprint density at radius 3 is 2.27 bits per heavy atom. The van der Waals surface area contributed by atoms with E-state index in [-0.39, 0.29) is 18.9 Å². The van der Waals surface area contributed by atoms with Crippen molar-refractivity contribution in [2.75, 3.05) is 12.0 Å². The van der Waals surface area contributed by atoms with Gasteiger partial charge in [0.25, 0.3) is 11.8 Å². The molecule has 2 aromatic carbocycles. The minimum absolute atomic E-state index is 0.178. The molecule has 2 atom stereocenters. The van der Waals surface area contributed by atoms with Gasteiger partial charge < -0.3 is 25.5 Å². The number of benzene rings is 2. The largest absolute Gasteiger partial charge is 0.482 e. The van der Waals surface area contributed by atoms with Gasteiger partial charge in [0.2, 0.25) is 5.43 Å². The quantitative estimate of drug-likeness (QED) is 0.187. The molecule has 13 heteroatoms. The number of carbonyl (C=O) groups is 3. The third kappa shape index (κ3) is 8.60. The second kappa shape index (κ2) is 15.2. The molecule has 1 aromatic heterocycles. The first-order valence-corrected chi connectivity index (χ1v) is 13.3. The minimum atomic E-state index is -1.24. The average molecular weight is 613 g/mol. The molecule has 0 radical (unpaired) electrons. The molecule has 1 heterocycles. The number of rotatable bonds is 14. The summed E-state index contributed by atoms with van der Waals surface area (Å²) in [4.78, 5) is 51.9. The van der Waals surface area contributed by atoms with Crippen LogP contribution in [0, 0.1) is 17.5 Å². The van der Waals surface area contributed by atoms with Crippen molar-refractivity contribution in [3.05, 3.63) is 124 Å². The monoisotopic (exact) mass is 612 g/mol. The van der Waals surface area contributed by atoms with E-state index in [0.717, 1.165) is 10.9 Å². The molecule has 0 spiro atoms. The Morgan fingerprint density at radius 2 is 1.68 bits per heavy atom. The first kappa shape index (κ1) is 33.2. The van der Waals surface area contributed by atoms with Gasteiger partial charge in [-0.2, -0.15) is 0 Å². The number of hydrogen-bond acceptors (Lipinski definition) is 7. The average Bonchev–Trinajstić information content (AvgIpc) is 2.98. The Labute approximate surface area is 251 Å². The Hall–Kier alpha value is -5.33. The second-order valence-electron chi connectivity index (χ2n) is 9.50. The molecule has 3 N–H and O–H groups in total. The van der Waals surface area contributed by atoms with E-state index in [4.69, 9.17) is 9.47 Å². The van der Waals surface area contributed by atoms with Crippen molar-refractivity contribution >= 4 is 17.8 Å². The Morgan fingerprint density at radius 1 is 1.02 bits per heavy atom. The fourth-order valence-electron chi connectivity index (χ4n) is 3.81. The molecule has 3 aromatic rings. The van der Waals surface area contributed by atoms with E-state index >= 15 is 0 Å². The summed E-state index contributed by atoms with van der Waals surface area (Å²) in [7, 11) is 0. The van der Waals surface area contributed by atoms with Crippen LogP contribution in [0.1, 0.15) is 45.8 Å². The summed E-state index contributed by atoms with van der Waals surface area (Å²) in [6.45, 7) is 8.99. The van der Waals surface area contributed by atoms with Gasteiger partial charge in [0.1, 0.15) is 36.2 Å². The van der Waals surface area contributed by atoms with Crippen LogP contribution in [0.3, 0.4) is 0 Å². The fourth-order valence-corrected chi connectivity index (χ4v) is 3.81. The molecule has 0 aliphatic carbocycles. The van der Waals surface area contributed by atoms with Crippen molar-refractivity contribution < 1.29 is 37.0 Å². The lowest BCUT2D eigenvalue weighted by Crippen LogP contribution is -2.41. The number of aromatic nitrogens is 1. The summed E-state index contributed by atoms with van der Waals surface area (Å²) in [5.74, 6) is -6.62. The molecule has 44 heavy (non-hydrogen) atoms. The predicted octanol–water partition coefficient (Wildman–Crippen LogP) is 3.74. The number of nitrogens with zero attached hydrogens (tertiary/aromatic N) is 1. The highest BCUT2D eigenvalue weighted by atomic mass is 19.1. The van der Waals surface area contributed by atoms with Crippen molar-refractivity contribution in [1.82, 2.24) is 15.3 Å². The van der Waals surface area contributed by atoms with Gasteiger partial charge in [0.05, 0.1) is 6.04 Å². The van der Waals surface area contributed by atoms with Gasteiger partial charge in [-0.1, -0.05) is 42.5 Å². The second-order valence-corrected chi connectivity index (χ2v) is 9.50. The molecule has 3 rings (SSSR count). The van der Waals surface area contributed by atoms with Gasteiger partial charge in [-0.3, -0.25) is 23.9 Å². The maximum absolute atomic E-state index is 14.2. The molecular weight excluding hydrogens is 581 g/mol. The summed E-state index contributed by atoms with van der Waals surface area (Å²) >= 11 is 0. The molecule has 232 valence electrons. The summed E-state index contributed by atoms with van der Waals surface area (Å²) in [6.07, 6.45) is 3.79. The van der Waals surface area contributed by atoms with Crippen molar-refractivity contribution in [2.24, 2.45) is 0 Å². The smallest absolute Gasteiger partial charge is 0.302 e. The SMILES string of the molecule is C=C[C@H](C)NC(=O)c1c(OCc2ccccc2)c(=O)c(C(=O)NCc2c(F)cc(F)cc2F)cn1N[C@@H](C=C)COC(C)=O. The predicted molar refractivity (Wildman–Crippen MR) is 156 cm³/mol. The third-order valence-corrected chi connectivity index (χ3v) is 6.15. The van der Waals surface area contributed by atoms with Crippen molar-refractivity contribution in [3.8, 4) is 5.75 Å². The van der Waals surface area contributed by atoms with E-state index in [0.29, 0.717) is 17.7 Å². The summed E-state index contributed by atoms with van der Waals surface area (Å²) in [5.41, 5.74) is 0.920. The standard InChI is InChI=1S/C31H31F3N4O6/c1-5-18(3)36-31(42)27-29(44-16-20-10-8-7-9-11-20)28(40)24(15-38(27)37-22(6-2)17-43-19(4)39)30(41)35-14-23-25(33)12-21(32)13-26(23)34/h5-13,15,18,22,37H,1-2,14,16-17H2,3-4H3,(H,35,41)(H,36,42)/t18-,22-/m0/s1. The van der Waals surface area contributed by atoms with Gasteiger partial charge in [-0.15, -0.1) is 13.2 Å². The van der Waals surface area contributed by atoms with Crippen LogP contribution in [0.4, 0.5) is 13.2 Å². The van der Waals surface area contributed by atoms with Crippen LogP contribution in [-0.4, -0.2) is 41.2 Å². The van der Waals surface area contributed by atoms with Crippen molar-refractivity contribution in [2.45, 2.75) is 39.1 Å². The van der Waals surface area contributed by atoms with E-state index in [1.165, 1.54) is 19.1 Å². The number of pyridine rings is 1.